The maximum atomic E-state index is 11.8. The number of ether oxygens (including phenoxy) is 1. The fourth-order valence-electron chi connectivity index (χ4n) is 1.05. The molecule has 1 aromatic carbocycles. The standard InChI is InChI=1S/C10H10BrFO3/c11-8-4-1-3-7(10(13)14)9(8)15-6-2-5-12/h1,3-4H,2,5-6H2,(H,13,14). The summed E-state index contributed by atoms with van der Waals surface area (Å²) in [6.45, 7) is -0.313. The molecule has 0 spiro atoms. The van der Waals surface area contributed by atoms with Gasteiger partial charge in [-0.25, -0.2) is 4.79 Å². The Bertz CT molecular complexity index is 355. The van der Waals surface area contributed by atoms with E-state index in [9.17, 15) is 9.18 Å². The van der Waals surface area contributed by atoms with Gasteiger partial charge in [0.15, 0.2) is 0 Å². The quantitative estimate of drug-likeness (QED) is 0.842. The minimum atomic E-state index is -1.06. The number of carbonyl (C=O) groups is 1. The second-order valence-electron chi connectivity index (χ2n) is 2.81. The first-order valence-electron chi connectivity index (χ1n) is 4.37. The highest BCUT2D eigenvalue weighted by Gasteiger charge is 2.13. The minimum absolute atomic E-state index is 0.0724. The normalized spacial score (nSPS) is 10.0. The van der Waals surface area contributed by atoms with Gasteiger partial charge >= 0.3 is 5.97 Å². The fourth-order valence-corrected chi connectivity index (χ4v) is 1.53. The topological polar surface area (TPSA) is 46.5 Å². The molecule has 0 aliphatic carbocycles. The molecule has 3 nitrogen and oxygen atoms in total. The van der Waals surface area contributed by atoms with E-state index in [-0.39, 0.29) is 24.3 Å². The molecule has 0 saturated carbocycles. The van der Waals surface area contributed by atoms with Crippen molar-refractivity contribution in [3.8, 4) is 5.75 Å². The van der Waals surface area contributed by atoms with Crippen molar-refractivity contribution >= 4 is 21.9 Å². The predicted molar refractivity (Wildman–Crippen MR) is 57.2 cm³/mol. The Balaban J connectivity index is 2.87. The Kier molecular flexibility index (Phi) is 4.55. The maximum absolute atomic E-state index is 11.8. The van der Waals surface area contributed by atoms with Crippen LogP contribution in [0.5, 0.6) is 5.75 Å². The van der Waals surface area contributed by atoms with E-state index in [1.807, 2.05) is 0 Å². The van der Waals surface area contributed by atoms with Gasteiger partial charge in [-0.15, -0.1) is 0 Å². The fraction of sp³-hybridized carbons (Fsp3) is 0.300. The van der Waals surface area contributed by atoms with Gasteiger partial charge in [0.1, 0.15) is 11.3 Å². The van der Waals surface area contributed by atoms with E-state index in [4.69, 9.17) is 9.84 Å². The molecule has 0 aromatic heterocycles. The van der Waals surface area contributed by atoms with E-state index in [2.05, 4.69) is 15.9 Å². The number of alkyl halides is 1. The van der Waals surface area contributed by atoms with Gasteiger partial charge in [0.05, 0.1) is 17.8 Å². The number of benzene rings is 1. The van der Waals surface area contributed by atoms with Crippen LogP contribution in [0.2, 0.25) is 0 Å². The molecule has 0 fully saturated rings. The lowest BCUT2D eigenvalue weighted by Gasteiger charge is -2.09. The van der Waals surface area contributed by atoms with Crippen molar-refractivity contribution in [2.75, 3.05) is 13.3 Å². The molecule has 0 atom stereocenters. The molecule has 0 heterocycles. The van der Waals surface area contributed by atoms with E-state index in [0.717, 1.165) is 0 Å². The molecule has 1 N–H and O–H groups in total. The first-order valence-corrected chi connectivity index (χ1v) is 5.16. The summed E-state index contributed by atoms with van der Waals surface area (Å²) in [5.41, 5.74) is 0.0724. The van der Waals surface area contributed by atoms with Crippen molar-refractivity contribution in [2.45, 2.75) is 6.42 Å². The lowest BCUT2D eigenvalue weighted by Crippen LogP contribution is -2.05. The molecule has 1 aromatic rings. The molecule has 82 valence electrons. The summed E-state index contributed by atoms with van der Waals surface area (Å²) in [4.78, 5) is 10.8. The molecule has 0 amide bonds. The maximum Gasteiger partial charge on any atom is 0.339 e. The van der Waals surface area contributed by atoms with E-state index < -0.39 is 12.6 Å². The van der Waals surface area contributed by atoms with Crippen molar-refractivity contribution in [1.29, 1.82) is 0 Å². The average Bonchev–Trinajstić information content (AvgIpc) is 2.20. The number of aromatic carboxylic acids is 1. The van der Waals surface area contributed by atoms with Crippen LogP contribution in [0.3, 0.4) is 0 Å². The van der Waals surface area contributed by atoms with E-state index >= 15 is 0 Å². The highest BCUT2D eigenvalue weighted by molar-refractivity contribution is 9.10. The average molecular weight is 277 g/mol. The summed E-state index contributed by atoms with van der Waals surface area (Å²) in [7, 11) is 0. The van der Waals surface area contributed by atoms with Crippen molar-refractivity contribution in [2.24, 2.45) is 0 Å². The largest absolute Gasteiger partial charge is 0.491 e. The van der Waals surface area contributed by atoms with E-state index in [1.54, 1.807) is 12.1 Å². The van der Waals surface area contributed by atoms with Gasteiger partial charge in [-0.05, 0) is 28.1 Å². The van der Waals surface area contributed by atoms with Gasteiger partial charge in [-0.3, -0.25) is 4.39 Å². The monoisotopic (exact) mass is 276 g/mol. The highest BCUT2D eigenvalue weighted by Crippen LogP contribution is 2.29. The Morgan fingerprint density at radius 3 is 2.87 bits per heavy atom. The predicted octanol–water partition coefficient (Wildman–Crippen LogP) is 2.89. The second-order valence-corrected chi connectivity index (χ2v) is 3.67. The van der Waals surface area contributed by atoms with Crippen LogP contribution in [0.25, 0.3) is 0 Å². The number of carboxylic acid groups (broad SMARTS) is 1. The van der Waals surface area contributed by atoms with Gasteiger partial charge in [-0.1, -0.05) is 6.07 Å². The number of rotatable bonds is 5. The zero-order chi connectivity index (χ0) is 11.3. The summed E-state index contributed by atoms with van der Waals surface area (Å²) in [5.74, 6) is -0.815. The number of carboxylic acids is 1. The van der Waals surface area contributed by atoms with Crippen LogP contribution in [0.4, 0.5) is 4.39 Å². The first kappa shape index (κ1) is 12.0. The van der Waals surface area contributed by atoms with Crippen LogP contribution in [-0.4, -0.2) is 24.4 Å². The zero-order valence-corrected chi connectivity index (χ0v) is 9.46. The Morgan fingerprint density at radius 1 is 1.53 bits per heavy atom. The first-order chi connectivity index (χ1) is 7.16. The van der Waals surface area contributed by atoms with Gasteiger partial charge in [0.25, 0.3) is 0 Å². The summed E-state index contributed by atoms with van der Waals surface area (Å²) >= 11 is 3.19. The molecule has 0 unspecified atom stereocenters. The van der Waals surface area contributed by atoms with E-state index in [1.165, 1.54) is 6.07 Å². The summed E-state index contributed by atoms with van der Waals surface area (Å²) in [6, 6.07) is 4.73. The van der Waals surface area contributed by atoms with Gasteiger partial charge in [-0.2, -0.15) is 0 Å². The molecule has 0 aliphatic heterocycles. The van der Waals surface area contributed by atoms with Gasteiger partial charge in [0, 0.05) is 6.42 Å². The van der Waals surface area contributed by atoms with Gasteiger partial charge < -0.3 is 9.84 Å². The van der Waals surface area contributed by atoms with Gasteiger partial charge in [0.2, 0.25) is 0 Å². The Morgan fingerprint density at radius 2 is 2.27 bits per heavy atom. The van der Waals surface area contributed by atoms with Crippen LogP contribution in [-0.2, 0) is 0 Å². The van der Waals surface area contributed by atoms with Crippen LogP contribution < -0.4 is 4.74 Å². The summed E-state index contributed by atoms with van der Waals surface area (Å²) in [5, 5.41) is 8.87. The van der Waals surface area contributed by atoms with Crippen molar-refractivity contribution in [1.82, 2.24) is 0 Å². The molecule has 0 bridgehead atoms. The number of para-hydroxylation sites is 1. The molecule has 0 radical (unpaired) electrons. The Labute approximate surface area is 95.0 Å². The molecule has 15 heavy (non-hydrogen) atoms. The molecule has 0 aliphatic rings. The summed E-state index contributed by atoms with van der Waals surface area (Å²) in [6.07, 6.45) is 0.250. The molecule has 1 rings (SSSR count). The number of halogens is 2. The highest BCUT2D eigenvalue weighted by atomic mass is 79.9. The molecule has 5 heteroatoms. The smallest absolute Gasteiger partial charge is 0.339 e. The third kappa shape index (κ3) is 3.20. The Hall–Kier alpha value is -1.10. The zero-order valence-electron chi connectivity index (χ0n) is 7.87. The van der Waals surface area contributed by atoms with Crippen LogP contribution >= 0.6 is 15.9 Å². The lowest BCUT2D eigenvalue weighted by atomic mass is 10.2. The lowest BCUT2D eigenvalue weighted by molar-refractivity contribution is 0.0692. The van der Waals surface area contributed by atoms with E-state index in [0.29, 0.717) is 4.47 Å². The number of hydrogen-bond donors (Lipinski definition) is 1. The van der Waals surface area contributed by atoms with Crippen LogP contribution in [0, 0.1) is 0 Å². The van der Waals surface area contributed by atoms with Crippen LogP contribution in [0.15, 0.2) is 22.7 Å². The van der Waals surface area contributed by atoms with Crippen molar-refractivity contribution in [3.63, 3.8) is 0 Å². The third-order valence-corrected chi connectivity index (χ3v) is 2.35. The third-order valence-electron chi connectivity index (χ3n) is 1.72. The molecule has 0 saturated heterocycles. The second kappa shape index (κ2) is 5.70. The molecular formula is C10H10BrFO3. The van der Waals surface area contributed by atoms with Crippen molar-refractivity contribution in [3.05, 3.63) is 28.2 Å². The van der Waals surface area contributed by atoms with Crippen LogP contribution in [0.1, 0.15) is 16.8 Å². The number of hydrogen-bond acceptors (Lipinski definition) is 2. The minimum Gasteiger partial charge on any atom is -0.491 e. The summed E-state index contributed by atoms with van der Waals surface area (Å²) < 4.78 is 17.6. The molecular weight excluding hydrogens is 267 g/mol. The van der Waals surface area contributed by atoms with Crippen molar-refractivity contribution < 1.29 is 19.0 Å². The SMILES string of the molecule is O=C(O)c1cccc(Br)c1OCCCF.